The first-order chi connectivity index (χ1) is 10.4. The lowest BCUT2D eigenvalue weighted by Gasteiger charge is -2.21. The number of hydrogen-bond donors (Lipinski definition) is 1. The first kappa shape index (κ1) is 16.6. The number of hydrogen-bond acceptors (Lipinski definition) is 4. The lowest BCUT2D eigenvalue weighted by atomic mass is 10.1. The van der Waals surface area contributed by atoms with Crippen molar-refractivity contribution in [1.29, 1.82) is 0 Å². The lowest BCUT2D eigenvalue weighted by molar-refractivity contribution is 0.835. The minimum absolute atomic E-state index is 0.707. The Hall–Kier alpha value is -1.81. The van der Waals surface area contributed by atoms with E-state index in [9.17, 15) is 0 Å². The second-order valence-electron chi connectivity index (χ2n) is 5.39. The first-order valence-corrected chi connectivity index (χ1v) is 7.96. The third-order valence-electron chi connectivity index (χ3n) is 3.60. The maximum atomic E-state index is 6.37. The fourth-order valence-corrected chi connectivity index (χ4v) is 2.90. The Morgan fingerprint density at radius 1 is 1.05 bits per heavy atom. The van der Waals surface area contributed by atoms with E-state index in [0.29, 0.717) is 5.02 Å². The van der Waals surface area contributed by atoms with Gasteiger partial charge in [0.15, 0.2) is 0 Å². The molecule has 0 fully saturated rings. The summed E-state index contributed by atoms with van der Waals surface area (Å²) in [4.78, 5) is 11.2. The second kappa shape index (κ2) is 6.97. The fraction of sp³-hybridized carbons (Fsp3) is 0.412. The van der Waals surface area contributed by atoms with Crippen LogP contribution < -0.4 is 10.2 Å². The van der Waals surface area contributed by atoms with Crippen LogP contribution >= 0.6 is 11.6 Å². The largest absolute Gasteiger partial charge is 0.357 e. The van der Waals surface area contributed by atoms with E-state index in [1.54, 1.807) is 0 Å². The number of rotatable bonds is 5. The van der Waals surface area contributed by atoms with Gasteiger partial charge in [0.1, 0.15) is 17.5 Å². The molecule has 1 heterocycles. The predicted octanol–water partition coefficient (Wildman–Crippen LogP) is 4.65. The van der Waals surface area contributed by atoms with E-state index in [1.165, 1.54) is 0 Å². The zero-order valence-electron chi connectivity index (χ0n) is 13.9. The number of halogens is 1. The van der Waals surface area contributed by atoms with Gasteiger partial charge in [0.05, 0.1) is 10.7 Å². The molecule has 22 heavy (non-hydrogen) atoms. The Morgan fingerprint density at radius 3 is 2.32 bits per heavy atom. The van der Waals surface area contributed by atoms with Gasteiger partial charge in [-0.1, -0.05) is 17.7 Å². The Bertz CT molecular complexity index is 643. The van der Waals surface area contributed by atoms with Gasteiger partial charge in [0.2, 0.25) is 0 Å². The summed E-state index contributed by atoms with van der Waals surface area (Å²) in [5, 5.41) is 4.05. The Kier molecular flexibility index (Phi) is 5.24. The lowest BCUT2D eigenvalue weighted by Crippen LogP contribution is -2.23. The van der Waals surface area contributed by atoms with E-state index in [2.05, 4.69) is 40.1 Å². The SMILES string of the molecule is CCN(CC)c1cc(Nc2c(C)cc(C)cc2Cl)nc(C)n1. The maximum Gasteiger partial charge on any atom is 0.136 e. The fourth-order valence-electron chi connectivity index (χ4n) is 2.53. The van der Waals surface area contributed by atoms with E-state index in [4.69, 9.17) is 11.6 Å². The highest BCUT2D eigenvalue weighted by molar-refractivity contribution is 6.33. The number of aryl methyl sites for hydroxylation is 3. The van der Waals surface area contributed by atoms with E-state index >= 15 is 0 Å². The summed E-state index contributed by atoms with van der Waals surface area (Å²) in [6, 6.07) is 6.03. The quantitative estimate of drug-likeness (QED) is 0.871. The van der Waals surface area contributed by atoms with Crippen LogP contribution in [0.5, 0.6) is 0 Å². The molecule has 0 radical (unpaired) electrons. The molecule has 0 bridgehead atoms. The molecule has 0 saturated heterocycles. The van der Waals surface area contributed by atoms with E-state index in [1.807, 2.05) is 32.9 Å². The number of aromatic nitrogens is 2. The molecule has 4 nitrogen and oxygen atoms in total. The monoisotopic (exact) mass is 318 g/mol. The predicted molar refractivity (Wildman–Crippen MR) is 94.5 cm³/mol. The van der Waals surface area contributed by atoms with Crippen molar-refractivity contribution in [3.63, 3.8) is 0 Å². The molecule has 0 aliphatic carbocycles. The third-order valence-corrected chi connectivity index (χ3v) is 3.89. The van der Waals surface area contributed by atoms with Crippen LogP contribution in [0.3, 0.4) is 0 Å². The van der Waals surface area contributed by atoms with Crippen LogP contribution in [0.15, 0.2) is 18.2 Å². The van der Waals surface area contributed by atoms with Crippen molar-refractivity contribution >= 4 is 28.9 Å². The minimum atomic E-state index is 0.707. The number of nitrogens with one attached hydrogen (secondary N) is 1. The average molecular weight is 319 g/mol. The van der Waals surface area contributed by atoms with Gasteiger partial charge in [-0.05, 0) is 51.8 Å². The van der Waals surface area contributed by atoms with Crippen LogP contribution in [0, 0.1) is 20.8 Å². The van der Waals surface area contributed by atoms with Crippen LogP contribution in [0.4, 0.5) is 17.3 Å². The van der Waals surface area contributed by atoms with Gasteiger partial charge < -0.3 is 10.2 Å². The highest BCUT2D eigenvalue weighted by Gasteiger charge is 2.10. The van der Waals surface area contributed by atoms with Crippen molar-refractivity contribution in [2.45, 2.75) is 34.6 Å². The molecular formula is C17H23ClN4. The summed E-state index contributed by atoms with van der Waals surface area (Å²) in [5.41, 5.74) is 3.15. The second-order valence-corrected chi connectivity index (χ2v) is 5.80. The smallest absolute Gasteiger partial charge is 0.136 e. The topological polar surface area (TPSA) is 41.0 Å². The van der Waals surface area contributed by atoms with Crippen molar-refractivity contribution in [1.82, 2.24) is 9.97 Å². The molecule has 0 amide bonds. The van der Waals surface area contributed by atoms with Gasteiger partial charge in [0.25, 0.3) is 0 Å². The van der Waals surface area contributed by atoms with Crippen molar-refractivity contribution in [3.8, 4) is 0 Å². The molecule has 0 aliphatic heterocycles. The molecule has 0 aliphatic rings. The Balaban J connectivity index is 2.38. The maximum absolute atomic E-state index is 6.37. The summed E-state index contributed by atoms with van der Waals surface area (Å²) >= 11 is 6.37. The molecule has 0 saturated carbocycles. The number of benzene rings is 1. The number of anilines is 3. The molecule has 0 unspecified atom stereocenters. The summed E-state index contributed by atoms with van der Waals surface area (Å²) in [6.45, 7) is 12.1. The summed E-state index contributed by atoms with van der Waals surface area (Å²) < 4.78 is 0. The summed E-state index contributed by atoms with van der Waals surface area (Å²) in [6.07, 6.45) is 0. The van der Waals surface area contributed by atoms with E-state index in [0.717, 1.165) is 47.4 Å². The molecule has 2 rings (SSSR count). The van der Waals surface area contributed by atoms with Crippen molar-refractivity contribution in [2.75, 3.05) is 23.3 Å². The van der Waals surface area contributed by atoms with Crippen LogP contribution in [0.2, 0.25) is 5.02 Å². The van der Waals surface area contributed by atoms with Crippen LogP contribution in [-0.2, 0) is 0 Å². The van der Waals surface area contributed by atoms with Gasteiger partial charge in [-0.2, -0.15) is 0 Å². The van der Waals surface area contributed by atoms with Gasteiger partial charge in [-0.25, -0.2) is 9.97 Å². The molecule has 1 aromatic carbocycles. The molecule has 5 heteroatoms. The van der Waals surface area contributed by atoms with Gasteiger partial charge >= 0.3 is 0 Å². The van der Waals surface area contributed by atoms with Crippen LogP contribution in [-0.4, -0.2) is 23.1 Å². The zero-order chi connectivity index (χ0) is 16.3. The van der Waals surface area contributed by atoms with Crippen molar-refractivity contribution in [3.05, 3.63) is 40.2 Å². The van der Waals surface area contributed by atoms with E-state index in [-0.39, 0.29) is 0 Å². The van der Waals surface area contributed by atoms with Crippen LogP contribution in [0.25, 0.3) is 0 Å². The molecule has 0 spiro atoms. The molecule has 118 valence electrons. The van der Waals surface area contributed by atoms with Crippen molar-refractivity contribution in [2.24, 2.45) is 0 Å². The minimum Gasteiger partial charge on any atom is -0.357 e. The average Bonchev–Trinajstić information content (AvgIpc) is 2.43. The van der Waals surface area contributed by atoms with E-state index < -0.39 is 0 Å². The highest BCUT2D eigenvalue weighted by atomic mass is 35.5. The molecule has 0 atom stereocenters. The first-order valence-electron chi connectivity index (χ1n) is 7.59. The molecule has 1 N–H and O–H groups in total. The normalized spacial score (nSPS) is 10.6. The highest BCUT2D eigenvalue weighted by Crippen LogP contribution is 2.30. The molecule has 2 aromatic rings. The third kappa shape index (κ3) is 3.69. The standard InChI is InChI=1S/C17H23ClN4/c1-6-22(7-2)16-10-15(19-13(5)20-16)21-17-12(4)8-11(3)9-14(17)18/h8-10H,6-7H2,1-5H3,(H,19,20,21). The molecular weight excluding hydrogens is 296 g/mol. The Labute approximate surface area is 137 Å². The number of nitrogens with zero attached hydrogens (tertiary/aromatic N) is 3. The Morgan fingerprint density at radius 2 is 1.73 bits per heavy atom. The van der Waals surface area contributed by atoms with Gasteiger partial charge in [0, 0.05) is 19.2 Å². The summed E-state index contributed by atoms with van der Waals surface area (Å²) in [7, 11) is 0. The summed E-state index contributed by atoms with van der Waals surface area (Å²) in [5.74, 6) is 2.44. The van der Waals surface area contributed by atoms with Gasteiger partial charge in [-0.3, -0.25) is 0 Å². The van der Waals surface area contributed by atoms with Gasteiger partial charge in [-0.15, -0.1) is 0 Å². The molecule has 1 aromatic heterocycles. The van der Waals surface area contributed by atoms with Crippen LogP contribution in [0.1, 0.15) is 30.8 Å². The van der Waals surface area contributed by atoms with Crippen molar-refractivity contribution < 1.29 is 0 Å². The zero-order valence-corrected chi connectivity index (χ0v) is 14.6.